The zero-order chi connectivity index (χ0) is 82.5. The van der Waals surface area contributed by atoms with Crippen LogP contribution in [0.4, 0.5) is 0 Å². The first-order chi connectivity index (χ1) is 61.0. The summed E-state index contributed by atoms with van der Waals surface area (Å²) >= 11 is 0. The summed E-state index contributed by atoms with van der Waals surface area (Å²) in [5, 5.41) is 10.0. The van der Waals surface area contributed by atoms with Crippen LogP contribution >= 0.6 is 0 Å². The normalized spacial score (nSPS) is 13.0. The van der Waals surface area contributed by atoms with Gasteiger partial charge >= 0.3 is 0 Å². The lowest BCUT2D eigenvalue weighted by molar-refractivity contribution is 0.660. The van der Waals surface area contributed by atoms with Gasteiger partial charge in [-0.05, 0) is 274 Å². The zero-order valence-electron chi connectivity index (χ0n) is 69.4. The lowest BCUT2D eigenvalue weighted by Gasteiger charge is -2.22. The van der Waals surface area contributed by atoms with Crippen molar-refractivity contribution in [3.63, 3.8) is 0 Å². The Morgan fingerprint density at radius 3 is 0.823 bits per heavy atom. The molecule has 124 heavy (non-hydrogen) atoms. The van der Waals surface area contributed by atoms with E-state index in [2.05, 4.69) is 483 Å². The van der Waals surface area contributed by atoms with Gasteiger partial charge in [0, 0.05) is 76.7 Å². The Bertz CT molecular complexity index is 8250. The average molecular weight is 1580 g/mol. The molecule has 0 unspecified atom stereocenters. The largest absolute Gasteiger partial charge is 0.309 e. The van der Waals surface area contributed by atoms with Crippen molar-refractivity contribution in [2.75, 3.05) is 0 Å². The number of hydrogen-bond acceptors (Lipinski definition) is 0. The quantitative estimate of drug-likeness (QED) is 0.123. The number of rotatable bonds is 11. The Morgan fingerprint density at radius 2 is 0.395 bits per heavy atom. The first-order valence-corrected chi connectivity index (χ1v) is 43.3. The third-order valence-corrected chi connectivity index (χ3v) is 27.0. The van der Waals surface area contributed by atoms with Gasteiger partial charge in [-0.25, -0.2) is 0 Å². The van der Waals surface area contributed by atoms with Crippen LogP contribution in [0.3, 0.4) is 0 Å². The summed E-state index contributed by atoms with van der Waals surface area (Å²) in [5.74, 6) is 0. The van der Waals surface area contributed by atoms with Gasteiger partial charge in [-0.2, -0.15) is 0 Å². The molecule has 0 saturated heterocycles. The fourth-order valence-electron chi connectivity index (χ4n) is 20.9. The molecule has 23 aromatic rings. The van der Waals surface area contributed by atoms with Gasteiger partial charge in [0.25, 0.3) is 0 Å². The van der Waals surface area contributed by atoms with Crippen LogP contribution in [0.15, 0.2) is 437 Å². The van der Waals surface area contributed by atoms with E-state index < -0.39 is 0 Å². The lowest BCUT2D eigenvalue weighted by atomic mass is 9.81. The van der Waals surface area contributed by atoms with E-state index in [1.54, 1.807) is 0 Å². The first kappa shape index (κ1) is 72.4. The molecule has 4 heterocycles. The molecule has 4 aromatic heterocycles. The highest BCUT2D eigenvalue weighted by molar-refractivity contribution is 6.15. The van der Waals surface area contributed by atoms with Crippen molar-refractivity contribution in [3.05, 3.63) is 459 Å². The number of fused-ring (bicyclic) bond motifs is 18. The average Bonchev–Trinajstić information content (AvgIpc) is 1.56. The fraction of sp³-hybridized carbons (Fsp3) is 0.0500. The predicted octanol–water partition coefficient (Wildman–Crippen LogP) is 32.0. The first-order valence-electron chi connectivity index (χ1n) is 43.3. The number of para-hydroxylation sites is 7. The second-order valence-corrected chi connectivity index (χ2v) is 34.7. The Labute approximate surface area is 721 Å². The maximum atomic E-state index is 2.48. The smallest absolute Gasteiger partial charge is 0.0547 e. The van der Waals surface area contributed by atoms with Crippen LogP contribution in [0.5, 0.6) is 0 Å². The molecule has 4 heteroatoms. The molecular weight excluding hydrogens is 1500 g/mol. The van der Waals surface area contributed by atoms with E-state index in [1.807, 2.05) is 0 Å². The van der Waals surface area contributed by atoms with E-state index in [0.29, 0.717) is 0 Å². The van der Waals surface area contributed by atoms with Crippen LogP contribution in [0.1, 0.15) is 49.9 Å². The van der Waals surface area contributed by atoms with Crippen LogP contribution in [0.2, 0.25) is 0 Å². The van der Waals surface area contributed by atoms with Crippen LogP contribution in [-0.2, 0) is 10.8 Å². The van der Waals surface area contributed by atoms with Crippen molar-refractivity contribution in [1.29, 1.82) is 0 Å². The standard InChI is InChI=1S/C63H44N2.C57H40N2/c1-63(2)57-22-12-9-19-51(57)52-33-31-50(40-58(52)63)65-59-23-13-10-20-53(59)55-32-29-45(39-62(55)65)48-36-46(43-27-25-42(26-28-43)41-15-5-3-6-16-41)35-47(37-48)44-30-34-61-56(38-44)54-21-11-14-24-60(54)64(61)49-17-7-4-8-18-49;1-57(2)51-22-12-9-19-45(51)46-28-25-38(35-52(46)57)41-31-40(37-27-30-55-50(34-37)48-21-11-14-24-54(48)58(55)43-15-5-3-6-16-43)32-42(33-41)39-26-29-49-47-20-10-13-23-53(47)59(56(49)36-39)44-17-7-4-8-18-44/h3-40H,1-2H3;3-36H,1-2H3. The van der Waals surface area contributed by atoms with Crippen molar-refractivity contribution in [2.45, 2.75) is 38.5 Å². The Morgan fingerprint density at radius 1 is 0.137 bits per heavy atom. The number of nitrogens with zero attached hydrogens (tertiary/aromatic N) is 4. The van der Waals surface area contributed by atoms with Gasteiger partial charge in [0.05, 0.1) is 44.1 Å². The van der Waals surface area contributed by atoms with Crippen molar-refractivity contribution in [2.24, 2.45) is 0 Å². The minimum atomic E-state index is -0.0958. The van der Waals surface area contributed by atoms with Gasteiger partial charge < -0.3 is 18.3 Å². The highest BCUT2D eigenvalue weighted by Gasteiger charge is 2.37. The van der Waals surface area contributed by atoms with E-state index in [4.69, 9.17) is 0 Å². The number of benzene rings is 19. The van der Waals surface area contributed by atoms with Gasteiger partial charge in [0.1, 0.15) is 0 Å². The van der Waals surface area contributed by atoms with Gasteiger partial charge in [-0.3, -0.25) is 0 Å². The van der Waals surface area contributed by atoms with Gasteiger partial charge in [-0.15, -0.1) is 0 Å². The predicted molar refractivity (Wildman–Crippen MR) is 523 cm³/mol. The van der Waals surface area contributed by atoms with Crippen molar-refractivity contribution in [1.82, 2.24) is 18.3 Å². The van der Waals surface area contributed by atoms with Crippen LogP contribution in [0.25, 0.3) is 210 Å². The molecule has 0 radical (unpaired) electrons. The summed E-state index contributed by atoms with van der Waals surface area (Å²) in [5.41, 5.74) is 41.8. The van der Waals surface area contributed by atoms with E-state index in [0.717, 1.165) is 11.4 Å². The molecule has 0 aliphatic heterocycles. The molecule has 0 amide bonds. The zero-order valence-corrected chi connectivity index (χ0v) is 69.4. The number of aromatic nitrogens is 4. The summed E-state index contributed by atoms with van der Waals surface area (Å²) in [4.78, 5) is 0. The third kappa shape index (κ3) is 11.7. The SMILES string of the molecule is CC1(C)c2ccccc2-c2ccc(-c3cc(-c4ccc5c(c4)c4ccccc4n5-c4ccccc4)cc(-c4ccc5c6ccccc6n(-c6ccccc6)c5c4)c3)cc21.CC1(C)c2ccccc2-c2ccc(-n3c4ccccc4c4ccc(-c5cc(-c6ccc(-c7ccccc7)cc6)cc(-c6ccc7c(c6)c6ccccc6n7-c6ccccc6)c5)cc43)cc21. The fourth-order valence-corrected chi connectivity index (χ4v) is 20.9. The molecule has 19 aromatic carbocycles. The lowest BCUT2D eigenvalue weighted by Crippen LogP contribution is -2.15. The Kier molecular flexibility index (Phi) is 16.7. The minimum Gasteiger partial charge on any atom is -0.309 e. The van der Waals surface area contributed by atoms with Crippen molar-refractivity contribution >= 4 is 87.2 Å². The molecule has 0 saturated carbocycles. The van der Waals surface area contributed by atoms with Crippen LogP contribution < -0.4 is 0 Å². The van der Waals surface area contributed by atoms with Crippen molar-refractivity contribution in [3.8, 4) is 123 Å². The maximum absolute atomic E-state index is 2.48. The molecular formula is C120H84N4. The summed E-state index contributed by atoms with van der Waals surface area (Å²) in [6.07, 6.45) is 0. The van der Waals surface area contributed by atoms with E-state index >= 15 is 0 Å². The molecule has 0 spiro atoms. The van der Waals surface area contributed by atoms with Crippen LogP contribution in [0, 0.1) is 0 Å². The molecule has 0 atom stereocenters. The van der Waals surface area contributed by atoms with E-state index in [1.165, 1.54) is 221 Å². The summed E-state index contributed by atoms with van der Waals surface area (Å²) < 4.78 is 9.67. The highest BCUT2D eigenvalue weighted by atomic mass is 15.0. The number of hydrogen-bond donors (Lipinski definition) is 0. The highest BCUT2D eigenvalue weighted by Crippen LogP contribution is 2.53. The topological polar surface area (TPSA) is 19.7 Å². The molecule has 2 aliphatic rings. The molecule has 4 nitrogen and oxygen atoms in total. The molecule has 0 N–H and O–H groups in total. The Balaban J connectivity index is 0.000000140. The van der Waals surface area contributed by atoms with E-state index in [-0.39, 0.29) is 10.8 Å². The summed E-state index contributed by atoms with van der Waals surface area (Å²) in [6.45, 7) is 9.46. The third-order valence-electron chi connectivity index (χ3n) is 27.0. The second kappa shape index (κ2) is 28.5. The maximum Gasteiger partial charge on any atom is 0.0547 e. The molecule has 584 valence electrons. The monoisotopic (exact) mass is 1580 g/mol. The van der Waals surface area contributed by atoms with Crippen molar-refractivity contribution < 1.29 is 0 Å². The molecule has 2 aliphatic carbocycles. The van der Waals surface area contributed by atoms with Gasteiger partial charge in [0.2, 0.25) is 0 Å². The molecule has 25 rings (SSSR count). The summed E-state index contributed by atoms with van der Waals surface area (Å²) in [7, 11) is 0. The second-order valence-electron chi connectivity index (χ2n) is 34.7. The summed E-state index contributed by atoms with van der Waals surface area (Å²) in [6, 6.07) is 162. The van der Waals surface area contributed by atoms with E-state index in [9.17, 15) is 0 Å². The minimum absolute atomic E-state index is 0.0870. The van der Waals surface area contributed by atoms with Gasteiger partial charge in [0.15, 0.2) is 0 Å². The molecule has 0 fully saturated rings. The molecule has 0 bridgehead atoms. The van der Waals surface area contributed by atoms with Gasteiger partial charge in [-0.1, -0.05) is 313 Å². The van der Waals surface area contributed by atoms with Crippen LogP contribution in [-0.4, -0.2) is 18.3 Å². The Hall–Kier alpha value is -15.6.